The molecule has 1 nitrogen and oxygen atoms in total. The van der Waals surface area contributed by atoms with Crippen LogP contribution >= 0.6 is 15.9 Å². The Bertz CT molecular complexity index is 641. The van der Waals surface area contributed by atoms with Gasteiger partial charge in [-0.05, 0) is 60.6 Å². The van der Waals surface area contributed by atoms with E-state index in [4.69, 9.17) is 5.73 Å². The first kappa shape index (κ1) is 13.8. The first-order valence-electron chi connectivity index (χ1n) is 6.85. The molecule has 2 N–H and O–H groups in total. The van der Waals surface area contributed by atoms with Crippen LogP contribution in [0, 0.1) is 5.82 Å². The lowest BCUT2D eigenvalue weighted by molar-refractivity contribution is 0.368. The van der Waals surface area contributed by atoms with Crippen molar-refractivity contribution in [3.63, 3.8) is 0 Å². The van der Waals surface area contributed by atoms with E-state index in [1.807, 2.05) is 0 Å². The van der Waals surface area contributed by atoms with E-state index >= 15 is 0 Å². The van der Waals surface area contributed by atoms with Crippen molar-refractivity contribution in [1.29, 1.82) is 0 Å². The van der Waals surface area contributed by atoms with E-state index in [0.717, 1.165) is 29.3 Å². The number of hydrogen-bond acceptors (Lipinski definition) is 1. The third kappa shape index (κ3) is 2.79. The Balaban J connectivity index is 1.86. The minimum absolute atomic E-state index is 0.206. The molecule has 1 aliphatic carbocycles. The van der Waals surface area contributed by atoms with Gasteiger partial charge in [-0.25, -0.2) is 4.39 Å². The molecule has 0 fully saturated rings. The second-order valence-electron chi connectivity index (χ2n) is 5.72. The van der Waals surface area contributed by atoms with E-state index in [-0.39, 0.29) is 11.4 Å². The fourth-order valence-corrected chi connectivity index (χ4v) is 3.42. The number of hydrogen-bond donors (Lipinski definition) is 1. The maximum absolute atomic E-state index is 13.4. The Hall–Kier alpha value is -1.19. The van der Waals surface area contributed by atoms with Gasteiger partial charge in [0.25, 0.3) is 0 Å². The maximum Gasteiger partial charge on any atom is 0.123 e. The van der Waals surface area contributed by atoms with Crippen molar-refractivity contribution in [3.05, 3.63) is 69.4 Å². The first-order valence-corrected chi connectivity index (χ1v) is 7.65. The normalized spacial score (nSPS) is 21.6. The van der Waals surface area contributed by atoms with Crippen molar-refractivity contribution >= 4 is 15.9 Å². The predicted molar refractivity (Wildman–Crippen MR) is 83.2 cm³/mol. The lowest BCUT2D eigenvalue weighted by Crippen LogP contribution is -2.47. The third-order valence-electron chi connectivity index (χ3n) is 4.10. The molecule has 0 aromatic heterocycles. The van der Waals surface area contributed by atoms with Gasteiger partial charge in [0.15, 0.2) is 0 Å². The summed E-state index contributed by atoms with van der Waals surface area (Å²) in [7, 11) is 0. The van der Waals surface area contributed by atoms with Crippen molar-refractivity contribution < 1.29 is 4.39 Å². The number of nitrogens with two attached hydrogens (primary N) is 1. The lowest BCUT2D eigenvalue weighted by atomic mass is 9.75. The summed E-state index contributed by atoms with van der Waals surface area (Å²) < 4.78 is 14.3. The van der Waals surface area contributed by atoms with Crippen LogP contribution in [0.2, 0.25) is 0 Å². The van der Waals surface area contributed by atoms with Gasteiger partial charge in [-0.15, -0.1) is 0 Å². The molecule has 0 spiro atoms. The van der Waals surface area contributed by atoms with Gasteiger partial charge < -0.3 is 5.73 Å². The fourth-order valence-electron chi connectivity index (χ4n) is 3.03. The Kier molecular flexibility index (Phi) is 3.65. The molecular weight excluding hydrogens is 317 g/mol. The van der Waals surface area contributed by atoms with Gasteiger partial charge in [0.05, 0.1) is 0 Å². The van der Waals surface area contributed by atoms with Crippen LogP contribution < -0.4 is 5.73 Å². The second kappa shape index (κ2) is 5.30. The molecule has 20 heavy (non-hydrogen) atoms. The summed E-state index contributed by atoms with van der Waals surface area (Å²) in [4.78, 5) is 0. The highest BCUT2D eigenvalue weighted by molar-refractivity contribution is 9.10. The largest absolute Gasteiger partial charge is 0.324 e. The first-order chi connectivity index (χ1) is 9.56. The molecule has 1 aliphatic rings. The number of rotatable bonds is 2. The number of fused-ring (bicyclic) bond motifs is 1. The van der Waals surface area contributed by atoms with Gasteiger partial charge in [-0.3, -0.25) is 0 Å². The Morgan fingerprint density at radius 2 is 1.90 bits per heavy atom. The highest BCUT2D eigenvalue weighted by Gasteiger charge is 2.31. The second-order valence-corrected chi connectivity index (χ2v) is 6.57. The zero-order valence-electron chi connectivity index (χ0n) is 11.2. The van der Waals surface area contributed by atoms with Crippen LogP contribution in [0.1, 0.15) is 23.1 Å². The van der Waals surface area contributed by atoms with Crippen LogP contribution in [0.25, 0.3) is 0 Å². The zero-order valence-corrected chi connectivity index (χ0v) is 12.8. The van der Waals surface area contributed by atoms with Crippen molar-refractivity contribution in [2.75, 3.05) is 0 Å². The summed E-state index contributed by atoms with van der Waals surface area (Å²) in [5.41, 5.74) is 9.97. The Morgan fingerprint density at radius 3 is 2.70 bits per heavy atom. The van der Waals surface area contributed by atoms with Gasteiger partial charge in [0, 0.05) is 10.0 Å². The van der Waals surface area contributed by atoms with E-state index < -0.39 is 0 Å². The van der Waals surface area contributed by atoms with E-state index in [2.05, 4.69) is 40.2 Å². The number of benzene rings is 2. The number of aryl methyl sites for hydroxylation is 1. The van der Waals surface area contributed by atoms with E-state index in [0.29, 0.717) is 6.42 Å². The Labute approximate surface area is 127 Å². The molecule has 2 aromatic rings. The van der Waals surface area contributed by atoms with Gasteiger partial charge >= 0.3 is 0 Å². The SMILES string of the molecule is NC1(Cc2cc(F)ccc2Br)CCc2ccccc2C1. The lowest BCUT2D eigenvalue weighted by Gasteiger charge is -2.35. The van der Waals surface area contributed by atoms with Gasteiger partial charge in [-0.1, -0.05) is 40.2 Å². The highest BCUT2D eigenvalue weighted by Crippen LogP contribution is 2.31. The monoisotopic (exact) mass is 333 g/mol. The molecule has 1 atom stereocenters. The summed E-state index contributed by atoms with van der Waals surface area (Å²) in [6.07, 6.45) is 3.48. The summed E-state index contributed by atoms with van der Waals surface area (Å²) in [6, 6.07) is 13.3. The van der Waals surface area contributed by atoms with Crippen molar-refractivity contribution in [1.82, 2.24) is 0 Å². The quantitative estimate of drug-likeness (QED) is 0.882. The molecule has 0 saturated carbocycles. The van der Waals surface area contributed by atoms with Crippen LogP contribution in [0.3, 0.4) is 0 Å². The molecule has 0 bridgehead atoms. The van der Waals surface area contributed by atoms with E-state index in [1.54, 1.807) is 12.1 Å². The molecular formula is C17H17BrFN. The molecule has 2 aromatic carbocycles. The number of halogens is 2. The molecule has 0 heterocycles. The maximum atomic E-state index is 13.4. The van der Waals surface area contributed by atoms with Crippen LogP contribution in [-0.2, 0) is 19.3 Å². The molecule has 0 saturated heterocycles. The predicted octanol–water partition coefficient (Wildman–Crippen LogP) is 4.02. The zero-order chi connectivity index (χ0) is 14.2. The van der Waals surface area contributed by atoms with E-state index in [1.165, 1.54) is 17.2 Å². The van der Waals surface area contributed by atoms with Crippen molar-refractivity contribution in [3.8, 4) is 0 Å². The summed E-state index contributed by atoms with van der Waals surface area (Å²) in [5.74, 6) is -0.206. The summed E-state index contributed by atoms with van der Waals surface area (Å²) in [6.45, 7) is 0. The molecule has 0 aliphatic heterocycles. The van der Waals surface area contributed by atoms with Crippen LogP contribution in [0.15, 0.2) is 46.9 Å². The topological polar surface area (TPSA) is 26.0 Å². The summed E-state index contributed by atoms with van der Waals surface area (Å²) >= 11 is 3.49. The molecule has 3 rings (SSSR count). The minimum atomic E-state index is -0.287. The Morgan fingerprint density at radius 1 is 1.15 bits per heavy atom. The van der Waals surface area contributed by atoms with E-state index in [9.17, 15) is 4.39 Å². The minimum Gasteiger partial charge on any atom is -0.324 e. The molecule has 3 heteroatoms. The standard InChI is InChI=1S/C17H17BrFN/c18-16-6-5-15(19)9-14(16)11-17(20)8-7-12-3-1-2-4-13(12)10-17/h1-6,9H,7-8,10-11,20H2. The third-order valence-corrected chi connectivity index (χ3v) is 4.88. The molecule has 104 valence electrons. The van der Waals surface area contributed by atoms with Crippen molar-refractivity contribution in [2.24, 2.45) is 5.73 Å². The average Bonchev–Trinajstić information content (AvgIpc) is 2.42. The van der Waals surface area contributed by atoms with Gasteiger partial charge in [0.1, 0.15) is 5.82 Å². The van der Waals surface area contributed by atoms with Crippen molar-refractivity contribution in [2.45, 2.75) is 31.2 Å². The summed E-state index contributed by atoms with van der Waals surface area (Å²) in [5, 5.41) is 0. The molecule has 0 amide bonds. The molecule has 0 radical (unpaired) electrons. The molecule has 1 unspecified atom stereocenters. The highest BCUT2D eigenvalue weighted by atomic mass is 79.9. The van der Waals surface area contributed by atoms with Gasteiger partial charge in [0.2, 0.25) is 0 Å². The van der Waals surface area contributed by atoms with Crippen LogP contribution in [-0.4, -0.2) is 5.54 Å². The average molecular weight is 334 g/mol. The fraction of sp³-hybridized carbons (Fsp3) is 0.294. The van der Waals surface area contributed by atoms with Crippen LogP contribution in [0.5, 0.6) is 0 Å². The van der Waals surface area contributed by atoms with Gasteiger partial charge in [-0.2, -0.15) is 0 Å². The van der Waals surface area contributed by atoms with Crippen LogP contribution in [0.4, 0.5) is 4.39 Å². The smallest absolute Gasteiger partial charge is 0.123 e.